The highest BCUT2D eigenvalue weighted by molar-refractivity contribution is 6.81. The summed E-state index contributed by atoms with van der Waals surface area (Å²) in [7, 11) is -1.36. The van der Waals surface area contributed by atoms with Gasteiger partial charge in [0.2, 0.25) is 0 Å². The number of carbonyl (C=O) groups excluding carboxylic acids is 2. The molecule has 0 aliphatic heterocycles. The van der Waals surface area contributed by atoms with Gasteiger partial charge in [0, 0.05) is 5.92 Å². The van der Waals surface area contributed by atoms with Gasteiger partial charge in [0.05, 0.1) is 21.3 Å². The Labute approximate surface area is 146 Å². The molecule has 0 amide bonds. The fourth-order valence-electron chi connectivity index (χ4n) is 2.66. The summed E-state index contributed by atoms with van der Waals surface area (Å²) in [6, 6.07) is 0. The molecule has 0 heterocycles. The van der Waals surface area contributed by atoms with Crippen LogP contribution in [0.1, 0.15) is 27.7 Å². The SMILES string of the molecule is CCOC(=O)C(C)(C(=O)OCC)C1C=C/C(=C/[Si](C)(C)C)C(C)=C1. The minimum absolute atomic E-state index is 0.230. The fraction of sp³-hybridized carbons (Fsp3) is 0.579. The highest BCUT2D eigenvalue weighted by atomic mass is 28.3. The first-order valence-corrected chi connectivity index (χ1v) is 12.1. The van der Waals surface area contributed by atoms with E-state index in [0.29, 0.717) is 0 Å². The van der Waals surface area contributed by atoms with E-state index in [1.54, 1.807) is 20.8 Å². The summed E-state index contributed by atoms with van der Waals surface area (Å²) in [5.74, 6) is -1.46. The summed E-state index contributed by atoms with van der Waals surface area (Å²) in [5.41, 5.74) is 3.19. The van der Waals surface area contributed by atoms with Crippen molar-refractivity contribution in [2.24, 2.45) is 11.3 Å². The Morgan fingerprint density at radius 1 is 1.17 bits per heavy atom. The van der Waals surface area contributed by atoms with Gasteiger partial charge in [-0.15, -0.1) is 0 Å². The highest BCUT2D eigenvalue weighted by Gasteiger charge is 2.49. The molecule has 0 saturated heterocycles. The lowest BCUT2D eigenvalue weighted by atomic mass is 9.73. The minimum Gasteiger partial charge on any atom is -0.465 e. The third kappa shape index (κ3) is 4.69. The summed E-state index contributed by atoms with van der Waals surface area (Å²) in [6.07, 6.45) is 5.89. The molecule has 0 aromatic heterocycles. The standard InChI is InChI=1S/C19H30O4Si/c1-8-22-17(20)19(4,18(21)23-9-2)16-11-10-15(14(3)12-16)13-24(5,6)7/h10-13,16H,8-9H2,1-7H3/b15-13-. The predicted octanol–water partition coefficient (Wildman–Crippen LogP) is 4.06. The maximum absolute atomic E-state index is 12.5. The second-order valence-electron chi connectivity index (χ2n) is 7.34. The van der Waals surface area contributed by atoms with Gasteiger partial charge in [0.15, 0.2) is 5.41 Å². The Morgan fingerprint density at radius 2 is 1.67 bits per heavy atom. The average molecular weight is 351 g/mol. The van der Waals surface area contributed by atoms with Gasteiger partial charge in [-0.05, 0) is 38.8 Å². The minimum atomic E-state index is -1.37. The van der Waals surface area contributed by atoms with E-state index < -0.39 is 25.4 Å². The van der Waals surface area contributed by atoms with Crippen molar-refractivity contribution in [1.29, 1.82) is 0 Å². The van der Waals surface area contributed by atoms with E-state index in [2.05, 4.69) is 25.3 Å². The van der Waals surface area contributed by atoms with Crippen molar-refractivity contribution in [2.45, 2.75) is 47.3 Å². The van der Waals surface area contributed by atoms with Crippen molar-refractivity contribution >= 4 is 20.0 Å². The molecule has 0 bridgehead atoms. The molecule has 0 fully saturated rings. The van der Waals surface area contributed by atoms with Crippen LogP contribution in [0.15, 0.2) is 35.1 Å². The molecule has 0 N–H and O–H groups in total. The molecule has 4 nitrogen and oxygen atoms in total. The van der Waals surface area contributed by atoms with Crippen LogP contribution in [0.25, 0.3) is 0 Å². The number of ether oxygens (including phenoxy) is 2. The van der Waals surface area contributed by atoms with Gasteiger partial charge < -0.3 is 9.47 Å². The summed E-state index contributed by atoms with van der Waals surface area (Å²) >= 11 is 0. The third-order valence-electron chi connectivity index (χ3n) is 4.02. The van der Waals surface area contributed by atoms with E-state index in [0.717, 1.165) is 5.57 Å². The first-order valence-electron chi connectivity index (χ1n) is 8.50. The quantitative estimate of drug-likeness (QED) is 0.412. The van der Waals surface area contributed by atoms with Crippen LogP contribution in [-0.4, -0.2) is 33.2 Å². The van der Waals surface area contributed by atoms with Crippen LogP contribution >= 0.6 is 0 Å². The summed E-state index contributed by atoms with van der Waals surface area (Å²) in [6.45, 7) is 14.4. The number of hydrogen-bond donors (Lipinski definition) is 0. The Morgan fingerprint density at radius 3 is 2.04 bits per heavy atom. The number of rotatable bonds is 6. The van der Waals surface area contributed by atoms with Crippen molar-refractivity contribution < 1.29 is 19.1 Å². The van der Waals surface area contributed by atoms with E-state index in [9.17, 15) is 9.59 Å². The van der Waals surface area contributed by atoms with Crippen LogP contribution in [0.4, 0.5) is 0 Å². The molecular weight excluding hydrogens is 320 g/mol. The second kappa shape index (κ2) is 7.97. The molecule has 1 unspecified atom stereocenters. The van der Waals surface area contributed by atoms with Gasteiger partial charge in [-0.2, -0.15) is 0 Å². The first-order chi connectivity index (χ1) is 11.1. The Kier molecular flexibility index (Phi) is 6.78. The summed E-state index contributed by atoms with van der Waals surface area (Å²) < 4.78 is 10.3. The molecule has 5 heteroatoms. The van der Waals surface area contributed by atoms with Gasteiger partial charge in [0.25, 0.3) is 0 Å². The largest absolute Gasteiger partial charge is 0.465 e. The van der Waals surface area contributed by atoms with E-state index in [4.69, 9.17) is 9.47 Å². The number of carbonyl (C=O) groups is 2. The van der Waals surface area contributed by atoms with Crippen molar-refractivity contribution in [1.82, 2.24) is 0 Å². The van der Waals surface area contributed by atoms with Crippen LogP contribution in [0.2, 0.25) is 19.6 Å². The molecule has 0 radical (unpaired) electrons. The molecule has 0 spiro atoms. The van der Waals surface area contributed by atoms with Gasteiger partial charge in [-0.25, -0.2) is 0 Å². The smallest absolute Gasteiger partial charge is 0.324 e. The predicted molar refractivity (Wildman–Crippen MR) is 99.2 cm³/mol. The maximum Gasteiger partial charge on any atom is 0.324 e. The number of hydrogen-bond acceptors (Lipinski definition) is 4. The molecule has 1 aliphatic carbocycles. The van der Waals surface area contributed by atoms with Crippen molar-refractivity contribution in [3.05, 3.63) is 35.1 Å². The normalized spacial score (nSPS) is 19.9. The molecular formula is C19H30O4Si. The lowest BCUT2D eigenvalue weighted by molar-refractivity contribution is -0.172. The zero-order valence-corrected chi connectivity index (χ0v) is 16.9. The number of allylic oxidation sites excluding steroid dienone is 5. The lowest BCUT2D eigenvalue weighted by Gasteiger charge is -2.32. The fourth-order valence-corrected chi connectivity index (χ4v) is 3.92. The lowest BCUT2D eigenvalue weighted by Crippen LogP contribution is -2.45. The van der Waals surface area contributed by atoms with Crippen LogP contribution in [0.3, 0.4) is 0 Å². The average Bonchev–Trinajstić information content (AvgIpc) is 2.47. The molecule has 1 aliphatic rings. The van der Waals surface area contributed by atoms with E-state index >= 15 is 0 Å². The molecule has 134 valence electrons. The van der Waals surface area contributed by atoms with E-state index in [-0.39, 0.29) is 19.1 Å². The molecule has 0 aromatic carbocycles. The molecule has 1 atom stereocenters. The first kappa shape index (κ1) is 20.4. The van der Waals surface area contributed by atoms with Crippen LogP contribution in [0, 0.1) is 11.3 Å². The summed E-state index contributed by atoms with van der Waals surface area (Å²) in [5, 5.41) is 0. The van der Waals surface area contributed by atoms with Crippen molar-refractivity contribution in [2.75, 3.05) is 13.2 Å². The van der Waals surface area contributed by atoms with Crippen LogP contribution < -0.4 is 0 Å². The third-order valence-corrected chi connectivity index (χ3v) is 5.20. The van der Waals surface area contributed by atoms with Crippen molar-refractivity contribution in [3.63, 3.8) is 0 Å². The Balaban J connectivity index is 3.24. The zero-order chi connectivity index (χ0) is 18.5. The number of esters is 2. The maximum atomic E-state index is 12.5. The van der Waals surface area contributed by atoms with Gasteiger partial charge in [-0.1, -0.05) is 43.6 Å². The molecule has 0 saturated carbocycles. The Hall–Kier alpha value is -1.62. The van der Waals surface area contributed by atoms with Gasteiger partial charge in [-0.3, -0.25) is 9.59 Å². The van der Waals surface area contributed by atoms with Crippen molar-refractivity contribution in [3.8, 4) is 0 Å². The topological polar surface area (TPSA) is 52.6 Å². The molecule has 1 rings (SSSR count). The summed E-state index contributed by atoms with van der Waals surface area (Å²) in [4.78, 5) is 25.0. The van der Waals surface area contributed by atoms with Crippen LogP contribution in [-0.2, 0) is 19.1 Å². The second-order valence-corrected chi connectivity index (χ2v) is 12.4. The zero-order valence-electron chi connectivity index (χ0n) is 15.9. The molecule has 0 aromatic rings. The Bertz CT molecular complexity index is 561. The van der Waals surface area contributed by atoms with Crippen LogP contribution in [0.5, 0.6) is 0 Å². The molecule has 24 heavy (non-hydrogen) atoms. The van der Waals surface area contributed by atoms with E-state index in [1.165, 1.54) is 5.57 Å². The monoisotopic (exact) mass is 350 g/mol. The highest BCUT2D eigenvalue weighted by Crippen LogP contribution is 2.37. The van der Waals surface area contributed by atoms with Gasteiger partial charge in [0.1, 0.15) is 0 Å². The van der Waals surface area contributed by atoms with E-state index in [1.807, 2.05) is 25.2 Å². The van der Waals surface area contributed by atoms with Gasteiger partial charge >= 0.3 is 11.9 Å².